The molecule has 27 heavy (non-hydrogen) atoms. The van der Waals surface area contributed by atoms with Crippen LogP contribution in [0.25, 0.3) is 33.6 Å². The quantitative estimate of drug-likeness (QED) is 0.576. The van der Waals surface area contributed by atoms with Crippen LogP contribution in [0.4, 0.5) is 0 Å². The van der Waals surface area contributed by atoms with Gasteiger partial charge in [-0.15, -0.1) is 0 Å². The maximum atomic E-state index is 13.4. The molecule has 1 aliphatic rings. The van der Waals surface area contributed by atoms with Gasteiger partial charge in [0.05, 0.1) is 17.0 Å². The van der Waals surface area contributed by atoms with Gasteiger partial charge in [0.25, 0.3) is 5.56 Å². The smallest absolute Gasteiger partial charge is 0.260 e. The highest BCUT2D eigenvalue weighted by Crippen LogP contribution is 2.36. The van der Waals surface area contributed by atoms with E-state index in [4.69, 9.17) is 0 Å². The van der Waals surface area contributed by atoms with Crippen LogP contribution in [0.2, 0.25) is 0 Å². The van der Waals surface area contributed by atoms with Crippen molar-refractivity contribution in [2.75, 3.05) is 0 Å². The Hall–Kier alpha value is -3.40. The first kappa shape index (κ1) is 15.8. The summed E-state index contributed by atoms with van der Waals surface area (Å²) in [6, 6.07) is 18.2. The van der Waals surface area contributed by atoms with Crippen molar-refractivity contribution in [1.29, 1.82) is 0 Å². The second kappa shape index (κ2) is 6.40. The van der Waals surface area contributed by atoms with Gasteiger partial charge in [-0.2, -0.15) is 0 Å². The third-order valence-electron chi connectivity index (χ3n) is 5.26. The molecule has 0 bridgehead atoms. The van der Waals surface area contributed by atoms with Gasteiger partial charge in [0.2, 0.25) is 0 Å². The highest BCUT2D eigenvalue weighted by atomic mass is 16.1. The summed E-state index contributed by atoms with van der Waals surface area (Å²) in [6.07, 6.45) is 7.47. The number of aryl methyl sites for hydroxylation is 1. The van der Waals surface area contributed by atoms with Gasteiger partial charge in [0.1, 0.15) is 0 Å². The molecule has 4 heteroatoms. The van der Waals surface area contributed by atoms with Crippen LogP contribution < -0.4 is 5.56 Å². The van der Waals surface area contributed by atoms with Gasteiger partial charge in [0.15, 0.2) is 0 Å². The van der Waals surface area contributed by atoms with Crippen molar-refractivity contribution in [3.8, 4) is 33.6 Å². The molecule has 4 nitrogen and oxygen atoms in total. The number of fused-ring (bicyclic) bond motifs is 3. The zero-order valence-corrected chi connectivity index (χ0v) is 14.9. The van der Waals surface area contributed by atoms with Crippen LogP contribution in [0.3, 0.4) is 0 Å². The fourth-order valence-electron chi connectivity index (χ4n) is 3.98. The molecule has 1 aliphatic heterocycles. The monoisotopic (exact) mass is 353 g/mol. The molecule has 3 aromatic heterocycles. The number of aromatic nitrogens is 3. The van der Waals surface area contributed by atoms with E-state index in [1.165, 1.54) is 5.56 Å². The predicted octanol–water partition coefficient (Wildman–Crippen LogP) is 4.52. The SMILES string of the molecule is O=c1c(-c2ccc[nH]2)cc(-c2ccccc2)c2n1CCCc1ccncc1-2. The summed E-state index contributed by atoms with van der Waals surface area (Å²) < 4.78 is 1.94. The number of benzene rings is 1. The lowest BCUT2D eigenvalue weighted by molar-refractivity contribution is 0.642. The van der Waals surface area contributed by atoms with E-state index < -0.39 is 0 Å². The summed E-state index contributed by atoms with van der Waals surface area (Å²) >= 11 is 0. The van der Waals surface area contributed by atoms with Crippen LogP contribution in [-0.2, 0) is 13.0 Å². The number of hydrogen-bond acceptors (Lipinski definition) is 2. The molecule has 132 valence electrons. The second-order valence-electron chi connectivity index (χ2n) is 6.86. The number of H-pyrrole nitrogens is 1. The number of nitrogens with zero attached hydrogens (tertiary/aromatic N) is 2. The third kappa shape index (κ3) is 2.61. The summed E-state index contributed by atoms with van der Waals surface area (Å²) in [6.45, 7) is 0.706. The maximum Gasteiger partial charge on any atom is 0.260 e. The van der Waals surface area contributed by atoms with Crippen molar-refractivity contribution in [2.24, 2.45) is 0 Å². The van der Waals surface area contributed by atoms with Gasteiger partial charge >= 0.3 is 0 Å². The number of aromatic amines is 1. The van der Waals surface area contributed by atoms with Crippen molar-refractivity contribution in [3.63, 3.8) is 0 Å². The largest absolute Gasteiger partial charge is 0.361 e. The molecule has 1 aromatic carbocycles. The molecule has 0 unspecified atom stereocenters. The van der Waals surface area contributed by atoms with Gasteiger partial charge < -0.3 is 9.55 Å². The lowest BCUT2D eigenvalue weighted by Gasteiger charge is -2.18. The van der Waals surface area contributed by atoms with Crippen molar-refractivity contribution in [2.45, 2.75) is 19.4 Å². The number of pyridine rings is 2. The number of hydrogen-bond donors (Lipinski definition) is 1. The Morgan fingerprint density at radius 3 is 2.67 bits per heavy atom. The minimum atomic E-state index is 0.0452. The van der Waals surface area contributed by atoms with Crippen molar-refractivity contribution < 1.29 is 0 Å². The zero-order valence-electron chi connectivity index (χ0n) is 14.9. The van der Waals surface area contributed by atoms with E-state index in [1.54, 1.807) is 0 Å². The minimum Gasteiger partial charge on any atom is -0.361 e. The van der Waals surface area contributed by atoms with E-state index in [-0.39, 0.29) is 5.56 Å². The average Bonchev–Trinajstić information content (AvgIpc) is 3.17. The highest BCUT2D eigenvalue weighted by Gasteiger charge is 2.22. The van der Waals surface area contributed by atoms with Gasteiger partial charge in [-0.3, -0.25) is 9.78 Å². The Morgan fingerprint density at radius 2 is 1.85 bits per heavy atom. The van der Waals surface area contributed by atoms with Crippen LogP contribution in [0.5, 0.6) is 0 Å². The Balaban J connectivity index is 1.90. The summed E-state index contributed by atoms with van der Waals surface area (Å²) in [5, 5.41) is 0. The standard InChI is InChI=1S/C23H19N3O/c27-23-19(21-9-4-11-25-21)14-18(16-6-2-1-3-7-16)22-20-15-24-12-10-17(20)8-5-13-26(22)23/h1-4,6-7,9-12,14-15,25H,5,8,13H2. The molecule has 0 saturated carbocycles. The average molecular weight is 353 g/mol. The molecule has 0 amide bonds. The first-order chi connectivity index (χ1) is 13.3. The lowest BCUT2D eigenvalue weighted by Crippen LogP contribution is -2.24. The van der Waals surface area contributed by atoms with Crippen LogP contribution in [0.1, 0.15) is 12.0 Å². The van der Waals surface area contributed by atoms with Crippen molar-refractivity contribution >= 4 is 0 Å². The Kier molecular flexibility index (Phi) is 3.75. The van der Waals surface area contributed by atoms with E-state index in [1.807, 2.05) is 59.6 Å². The molecule has 0 fully saturated rings. The predicted molar refractivity (Wildman–Crippen MR) is 107 cm³/mol. The van der Waals surface area contributed by atoms with Crippen LogP contribution in [0.15, 0.2) is 78.0 Å². The van der Waals surface area contributed by atoms with Crippen molar-refractivity contribution in [3.05, 3.63) is 89.1 Å². The maximum absolute atomic E-state index is 13.4. The second-order valence-corrected chi connectivity index (χ2v) is 6.86. The molecule has 0 saturated heterocycles. The number of nitrogens with one attached hydrogen (secondary N) is 1. The fourth-order valence-corrected chi connectivity index (χ4v) is 3.98. The molecule has 0 aliphatic carbocycles. The molecular formula is C23H19N3O. The van der Waals surface area contributed by atoms with E-state index in [2.05, 4.69) is 28.2 Å². The molecule has 4 aromatic rings. The van der Waals surface area contributed by atoms with Crippen LogP contribution >= 0.6 is 0 Å². The minimum absolute atomic E-state index is 0.0452. The fraction of sp³-hybridized carbons (Fsp3) is 0.130. The van der Waals surface area contributed by atoms with E-state index >= 15 is 0 Å². The zero-order chi connectivity index (χ0) is 18.2. The molecule has 0 spiro atoms. The summed E-state index contributed by atoms with van der Waals surface area (Å²) in [5.74, 6) is 0. The molecule has 5 rings (SSSR count). The first-order valence-corrected chi connectivity index (χ1v) is 9.23. The van der Waals surface area contributed by atoms with Crippen LogP contribution in [0, 0.1) is 0 Å². The molecular weight excluding hydrogens is 334 g/mol. The summed E-state index contributed by atoms with van der Waals surface area (Å²) in [5.41, 5.74) is 7.05. The van der Waals surface area contributed by atoms with E-state index in [0.717, 1.165) is 40.9 Å². The molecule has 4 heterocycles. The summed E-state index contributed by atoms with van der Waals surface area (Å²) in [4.78, 5) is 20.9. The van der Waals surface area contributed by atoms with Gasteiger partial charge in [0, 0.05) is 36.3 Å². The van der Waals surface area contributed by atoms with Gasteiger partial charge in [-0.1, -0.05) is 30.3 Å². The highest BCUT2D eigenvalue weighted by molar-refractivity contribution is 5.85. The van der Waals surface area contributed by atoms with Crippen LogP contribution in [-0.4, -0.2) is 14.5 Å². The van der Waals surface area contributed by atoms with E-state index in [0.29, 0.717) is 12.1 Å². The molecule has 1 N–H and O–H groups in total. The first-order valence-electron chi connectivity index (χ1n) is 9.23. The van der Waals surface area contributed by atoms with E-state index in [9.17, 15) is 4.79 Å². The number of rotatable bonds is 2. The van der Waals surface area contributed by atoms with Crippen molar-refractivity contribution in [1.82, 2.24) is 14.5 Å². The molecule has 0 radical (unpaired) electrons. The molecule has 0 atom stereocenters. The Bertz CT molecular complexity index is 1160. The Labute approximate surface area is 157 Å². The Morgan fingerprint density at radius 1 is 0.963 bits per heavy atom. The third-order valence-corrected chi connectivity index (χ3v) is 5.26. The normalized spacial score (nSPS) is 12.9. The summed E-state index contributed by atoms with van der Waals surface area (Å²) in [7, 11) is 0. The lowest BCUT2D eigenvalue weighted by atomic mass is 9.95. The topological polar surface area (TPSA) is 50.7 Å². The van der Waals surface area contributed by atoms with Gasteiger partial charge in [-0.25, -0.2) is 0 Å². The van der Waals surface area contributed by atoms with Gasteiger partial charge in [-0.05, 0) is 48.2 Å².